The Kier molecular flexibility index (Phi) is 5.39. The first-order valence-electron chi connectivity index (χ1n) is 7.80. The first-order chi connectivity index (χ1) is 10.6. The van der Waals surface area contributed by atoms with Crippen LogP contribution in [0.3, 0.4) is 0 Å². The van der Waals surface area contributed by atoms with Crippen molar-refractivity contribution >= 4 is 22.7 Å². The lowest BCUT2D eigenvalue weighted by molar-refractivity contribution is 0.534. The molecule has 0 fully saturated rings. The second-order valence-electron chi connectivity index (χ2n) is 6.00. The number of hydrogen-bond acceptors (Lipinski definition) is 3. The summed E-state index contributed by atoms with van der Waals surface area (Å²) in [4.78, 5) is 0. The van der Waals surface area contributed by atoms with Crippen LogP contribution in [0.5, 0.6) is 0 Å². The Morgan fingerprint density at radius 2 is 2.18 bits per heavy atom. The summed E-state index contributed by atoms with van der Waals surface area (Å²) in [6.07, 6.45) is 6.36. The molecule has 0 atom stereocenters. The van der Waals surface area contributed by atoms with Crippen molar-refractivity contribution in [3.05, 3.63) is 41.7 Å². The molecule has 4 N–H and O–H groups in total. The number of nitrogens with zero attached hydrogens (tertiary/aromatic N) is 1. The molecule has 0 radical (unpaired) electrons. The summed E-state index contributed by atoms with van der Waals surface area (Å²) >= 11 is 0. The van der Waals surface area contributed by atoms with Gasteiger partial charge in [0.25, 0.3) is 0 Å². The van der Waals surface area contributed by atoms with Crippen LogP contribution in [0.2, 0.25) is 0 Å². The van der Waals surface area contributed by atoms with Crippen molar-refractivity contribution in [2.45, 2.75) is 26.8 Å². The van der Waals surface area contributed by atoms with Gasteiger partial charge in [0.2, 0.25) is 0 Å². The lowest BCUT2D eigenvalue weighted by Crippen LogP contribution is -2.04. The highest BCUT2D eigenvalue weighted by molar-refractivity contribution is 6.09. The van der Waals surface area contributed by atoms with Gasteiger partial charge in [-0.2, -0.15) is 0 Å². The van der Waals surface area contributed by atoms with Crippen molar-refractivity contribution in [2.75, 3.05) is 13.6 Å². The standard InChI is InChI=1S/C18H26N4/c1-13(2)11-22-12-15(6-7-19)17-5-4-14(8-18(17)22)16(9-20)10-21-3/h4-5,8-10,12-13,20-21H,6-7,11,19H2,1-3H3/b16-10+,20-9?. The third-order valence-corrected chi connectivity index (χ3v) is 3.73. The summed E-state index contributed by atoms with van der Waals surface area (Å²) in [5, 5.41) is 11.9. The van der Waals surface area contributed by atoms with Crippen LogP contribution in [0.25, 0.3) is 16.5 Å². The quantitative estimate of drug-likeness (QED) is 0.688. The van der Waals surface area contributed by atoms with Crippen LogP contribution in [0, 0.1) is 11.3 Å². The van der Waals surface area contributed by atoms with Crippen LogP contribution in [-0.2, 0) is 13.0 Å². The average molecular weight is 298 g/mol. The summed E-state index contributed by atoms with van der Waals surface area (Å²) in [5.41, 5.74) is 10.2. The highest BCUT2D eigenvalue weighted by Gasteiger charge is 2.11. The number of nitrogens with one attached hydrogen (secondary N) is 2. The third-order valence-electron chi connectivity index (χ3n) is 3.73. The molecule has 0 saturated carbocycles. The smallest absolute Gasteiger partial charge is 0.0489 e. The number of allylic oxidation sites excluding steroid dienone is 1. The topological polar surface area (TPSA) is 66.8 Å². The maximum Gasteiger partial charge on any atom is 0.0489 e. The molecule has 2 rings (SSSR count). The van der Waals surface area contributed by atoms with Gasteiger partial charge in [0.15, 0.2) is 0 Å². The van der Waals surface area contributed by atoms with Gasteiger partial charge in [-0.05, 0) is 36.1 Å². The van der Waals surface area contributed by atoms with E-state index in [0.717, 1.165) is 24.1 Å². The summed E-state index contributed by atoms with van der Waals surface area (Å²) in [6, 6.07) is 6.40. The Bertz CT molecular complexity index is 680. The molecule has 0 unspecified atom stereocenters. The lowest BCUT2D eigenvalue weighted by atomic mass is 10.0. The Labute approximate surface area is 132 Å². The van der Waals surface area contributed by atoms with E-state index in [2.05, 4.69) is 48.1 Å². The normalized spacial score (nSPS) is 12.1. The van der Waals surface area contributed by atoms with Gasteiger partial charge in [-0.15, -0.1) is 0 Å². The highest BCUT2D eigenvalue weighted by atomic mass is 15.0. The second kappa shape index (κ2) is 7.27. The molecule has 118 valence electrons. The molecule has 1 aromatic heterocycles. The van der Waals surface area contributed by atoms with Gasteiger partial charge in [-0.3, -0.25) is 0 Å². The average Bonchev–Trinajstić information content (AvgIpc) is 2.82. The van der Waals surface area contributed by atoms with Gasteiger partial charge >= 0.3 is 0 Å². The fraction of sp³-hybridized carbons (Fsp3) is 0.389. The van der Waals surface area contributed by atoms with Crippen LogP contribution >= 0.6 is 0 Å². The van der Waals surface area contributed by atoms with E-state index in [-0.39, 0.29) is 0 Å². The number of benzene rings is 1. The molecule has 4 nitrogen and oxygen atoms in total. The van der Waals surface area contributed by atoms with Crippen molar-refractivity contribution in [1.29, 1.82) is 5.41 Å². The summed E-state index contributed by atoms with van der Waals surface area (Å²) < 4.78 is 2.31. The molecule has 0 spiro atoms. The predicted octanol–water partition coefficient (Wildman–Crippen LogP) is 3.01. The lowest BCUT2D eigenvalue weighted by Gasteiger charge is -2.09. The molecule has 2 aromatic rings. The van der Waals surface area contributed by atoms with E-state index in [1.54, 1.807) is 0 Å². The molecule has 0 saturated heterocycles. The van der Waals surface area contributed by atoms with Crippen LogP contribution in [0.1, 0.15) is 25.0 Å². The monoisotopic (exact) mass is 298 g/mol. The van der Waals surface area contributed by atoms with Crippen molar-refractivity contribution in [1.82, 2.24) is 9.88 Å². The zero-order valence-electron chi connectivity index (χ0n) is 13.7. The van der Waals surface area contributed by atoms with E-state index >= 15 is 0 Å². The molecule has 1 aromatic carbocycles. The highest BCUT2D eigenvalue weighted by Crippen LogP contribution is 2.26. The maximum atomic E-state index is 7.59. The van der Waals surface area contributed by atoms with Crippen molar-refractivity contribution in [2.24, 2.45) is 11.7 Å². The minimum atomic E-state index is 0.583. The first-order valence-corrected chi connectivity index (χ1v) is 7.80. The Hall–Kier alpha value is -2.07. The molecule has 0 amide bonds. The van der Waals surface area contributed by atoms with Gasteiger partial charge < -0.3 is 21.0 Å². The molecule has 0 aliphatic carbocycles. The van der Waals surface area contributed by atoms with Crippen molar-refractivity contribution in [3.63, 3.8) is 0 Å². The predicted molar refractivity (Wildman–Crippen MR) is 95.4 cm³/mol. The molecular formula is C18H26N4. The van der Waals surface area contributed by atoms with Crippen LogP contribution in [-0.4, -0.2) is 24.4 Å². The van der Waals surface area contributed by atoms with Crippen LogP contribution in [0.15, 0.2) is 30.6 Å². The van der Waals surface area contributed by atoms with Gasteiger partial charge in [0, 0.05) is 48.7 Å². The SMILES string of the molecule is CN/C=C(\C=N)c1ccc2c(CCN)cn(CC(C)C)c2c1. The van der Waals surface area contributed by atoms with Crippen LogP contribution < -0.4 is 11.1 Å². The van der Waals surface area contributed by atoms with Crippen LogP contribution in [0.4, 0.5) is 0 Å². The first kappa shape index (κ1) is 16.3. The zero-order valence-corrected chi connectivity index (χ0v) is 13.7. The fourth-order valence-electron chi connectivity index (χ4n) is 2.81. The van der Waals surface area contributed by atoms with E-state index < -0.39 is 0 Å². The molecule has 0 bridgehead atoms. The largest absolute Gasteiger partial charge is 0.393 e. The Morgan fingerprint density at radius 3 is 2.77 bits per heavy atom. The summed E-state index contributed by atoms with van der Waals surface area (Å²) in [6.45, 7) is 6.10. The molecule has 1 heterocycles. The number of hydrogen-bond donors (Lipinski definition) is 3. The van der Waals surface area contributed by atoms with Gasteiger partial charge in [-0.1, -0.05) is 26.0 Å². The van der Waals surface area contributed by atoms with Crippen molar-refractivity contribution < 1.29 is 0 Å². The zero-order chi connectivity index (χ0) is 16.1. The van der Waals surface area contributed by atoms with Gasteiger partial charge in [-0.25, -0.2) is 0 Å². The summed E-state index contributed by atoms with van der Waals surface area (Å²) in [7, 11) is 1.85. The molecule has 22 heavy (non-hydrogen) atoms. The van der Waals surface area contributed by atoms with E-state index in [4.69, 9.17) is 11.1 Å². The summed E-state index contributed by atoms with van der Waals surface area (Å²) in [5.74, 6) is 0.583. The minimum absolute atomic E-state index is 0.583. The van der Waals surface area contributed by atoms with E-state index in [1.165, 1.54) is 22.7 Å². The number of aromatic nitrogens is 1. The van der Waals surface area contributed by atoms with Gasteiger partial charge in [0.05, 0.1) is 0 Å². The fourth-order valence-corrected chi connectivity index (χ4v) is 2.81. The third kappa shape index (κ3) is 3.39. The molecule has 4 heteroatoms. The Balaban J connectivity index is 2.57. The maximum absolute atomic E-state index is 7.59. The molecular weight excluding hydrogens is 272 g/mol. The van der Waals surface area contributed by atoms with Gasteiger partial charge in [0.1, 0.15) is 0 Å². The Morgan fingerprint density at radius 1 is 1.41 bits per heavy atom. The molecule has 0 aliphatic rings. The second-order valence-corrected chi connectivity index (χ2v) is 6.00. The van der Waals surface area contributed by atoms with E-state index in [9.17, 15) is 0 Å². The van der Waals surface area contributed by atoms with Crippen molar-refractivity contribution in [3.8, 4) is 0 Å². The molecule has 0 aliphatic heterocycles. The number of fused-ring (bicyclic) bond motifs is 1. The van der Waals surface area contributed by atoms with E-state index in [1.807, 2.05) is 13.2 Å². The minimum Gasteiger partial charge on any atom is -0.393 e. The number of nitrogens with two attached hydrogens (primary N) is 1. The number of rotatable bonds is 7. The van der Waals surface area contributed by atoms with E-state index in [0.29, 0.717) is 12.5 Å².